The van der Waals surface area contributed by atoms with Crippen LogP contribution in [0.3, 0.4) is 0 Å². The second kappa shape index (κ2) is 13.2. The van der Waals surface area contributed by atoms with E-state index >= 15 is 0 Å². The standard InChI is InChI=1S/C21H33N5O5/c1-13(2)18(20(31)25-15(12-27)4-3-11-24-21(22)23)26-19(30)17(29)10-7-14-5-8-16(28)9-6-14/h5-6,8-9,12-13,15,17-18,28-29H,3-4,7,10-11H2,1-2H3,(H,25,31)(H,26,30)(H4,22,23,24)/t15-,17?,18?/m0/s1. The summed E-state index contributed by atoms with van der Waals surface area (Å²) in [6.45, 7) is 3.84. The van der Waals surface area contributed by atoms with E-state index in [-0.39, 0.29) is 24.0 Å². The highest BCUT2D eigenvalue weighted by Crippen LogP contribution is 2.12. The summed E-state index contributed by atoms with van der Waals surface area (Å²) in [5, 5.41) is 24.6. The maximum atomic E-state index is 12.6. The number of benzene rings is 1. The molecule has 172 valence electrons. The van der Waals surface area contributed by atoms with E-state index in [1.807, 2.05) is 0 Å². The topological polar surface area (TPSA) is 180 Å². The first-order valence-corrected chi connectivity index (χ1v) is 10.2. The number of phenols is 1. The number of aryl methyl sites for hydroxylation is 1. The Hall–Kier alpha value is -3.14. The van der Waals surface area contributed by atoms with Crippen molar-refractivity contribution in [2.45, 2.75) is 57.7 Å². The van der Waals surface area contributed by atoms with Gasteiger partial charge in [-0.25, -0.2) is 0 Å². The molecule has 10 nitrogen and oxygen atoms in total. The Bertz CT molecular complexity index is 747. The van der Waals surface area contributed by atoms with Crippen LogP contribution in [0, 0.1) is 5.92 Å². The van der Waals surface area contributed by atoms with Gasteiger partial charge in [-0.2, -0.15) is 0 Å². The number of amides is 2. The van der Waals surface area contributed by atoms with Crippen LogP contribution in [0.2, 0.25) is 0 Å². The number of hydrogen-bond acceptors (Lipinski definition) is 6. The van der Waals surface area contributed by atoms with E-state index in [1.165, 1.54) is 12.1 Å². The van der Waals surface area contributed by atoms with Gasteiger partial charge < -0.3 is 37.1 Å². The fourth-order valence-electron chi connectivity index (χ4n) is 2.85. The van der Waals surface area contributed by atoms with Gasteiger partial charge in [0, 0.05) is 6.54 Å². The van der Waals surface area contributed by atoms with Gasteiger partial charge in [0.15, 0.2) is 5.96 Å². The molecule has 0 radical (unpaired) electrons. The molecule has 0 aliphatic rings. The molecule has 1 aromatic rings. The number of carbonyl (C=O) groups is 3. The molecule has 0 aliphatic heterocycles. The van der Waals surface area contributed by atoms with Gasteiger partial charge in [0.1, 0.15) is 24.2 Å². The van der Waals surface area contributed by atoms with Crippen LogP contribution in [-0.2, 0) is 20.8 Å². The molecule has 3 atom stereocenters. The van der Waals surface area contributed by atoms with Gasteiger partial charge in [-0.3, -0.25) is 14.6 Å². The molecule has 0 aliphatic carbocycles. The molecule has 2 amide bonds. The molecule has 0 fully saturated rings. The number of aliphatic hydroxyl groups is 1. The highest BCUT2D eigenvalue weighted by Gasteiger charge is 2.28. The van der Waals surface area contributed by atoms with E-state index in [1.54, 1.807) is 26.0 Å². The molecule has 0 bridgehead atoms. The number of guanidine groups is 1. The van der Waals surface area contributed by atoms with Crippen LogP contribution < -0.4 is 22.1 Å². The first-order chi connectivity index (χ1) is 14.6. The summed E-state index contributed by atoms with van der Waals surface area (Å²) in [5.74, 6) is -1.34. The van der Waals surface area contributed by atoms with Crippen molar-refractivity contribution in [1.82, 2.24) is 10.6 Å². The van der Waals surface area contributed by atoms with Crippen LogP contribution >= 0.6 is 0 Å². The molecule has 0 saturated heterocycles. The maximum absolute atomic E-state index is 12.6. The van der Waals surface area contributed by atoms with Gasteiger partial charge in [0.25, 0.3) is 0 Å². The molecule has 31 heavy (non-hydrogen) atoms. The van der Waals surface area contributed by atoms with E-state index in [2.05, 4.69) is 15.6 Å². The zero-order valence-corrected chi connectivity index (χ0v) is 18.0. The average molecular weight is 436 g/mol. The van der Waals surface area contributed by atoms with Crippen molar-refractivity contribution in [2.24, 2.45) is 22.4 Å². The SMILES string of the molecule is CC(C)C(NC(=O)C(O)CCc1ccc(O)cc1)C(=O)N[C@H](C=O)CCCN=C(N)N. The first kappa shape index (κ1) is 25.9. The lowest BCUT2D eigenvalue weighted by Crippen LogP contribution is -2.54. The fraction of sp³-hybridized carbons (Fsp3) is 0.524. The van der Waals surface area contributed by atoms with Crippen molar-refractivity contribution in [1.29, 1.82) is 0 Å². The smallest absolute Gasteiger partial charge is 0.249 e. The maximum Gasteiger partial charge on any atom is 0.249 e. The summed E-state index contributed by atoms with van der Waals surface area (Å²) in [7, 11) is 0. The van der Waals surface area contributed by atoms with Gasteiger partial charge in [-0.05, 0) is 49.3 Å². The predicted molar refractivity (Wildman–Crippen MR) is 117 cm³/mol. The third-order valence-corrected chi connectivity index (χ3v) is 4.65. The monoisotopic (exact) mass is 435 g/mol. The molecule has 1 aromatic carbocycles. The third kappa shape index (κ3) is 9.94. The molecule has 0 heterocycles. The molecule has 0 saturated carbocycles. The van der Waals surface area contributed by atoms with Gasteiger partial charge in [0.05, 0.1) is 6.04 Å². The van der Waals surface area contributed by atoms with E-state index in [0.717, 1.165) is 5.56 Å². The Morgan fingerprint density at radius 3 is 2.29 bits per heavy atom. The third-order valence-electron chi connectivity index (χ3n) is 4.65. The van der Waals surface area contributed by atoms with Gasteiger partial charge >= 0.3 is 0 Å². The van der Waals surface area contributed by atoms with E-state index < -0.39 is 30.0 Å². The summed E-state index contributed by atoms with van der Waals surface area (Å²) in [6, 6.07) is 4.83. The zero-order chi connectivity index (χ0) is 23.4. The molecule has 0 spiro atoms. The lowest BCUT2D eigenvalue weighted by atomic mass is 10.0. The van der Waals surface area contributed by atoms with Crippen LogP contribution in [0.5, 0.6) is 5.75 Å². The van der Waals surface area contributed by atoms with Crippen molar-refractivity contribution in [3.05, 3.63) is 29.8 Å². The number of phenolic OH excluding ortho intramolecular Hbond substituents is 1. The van der Waals surface area contributed by atoms with E-state index in [4.69, 9.17) is 11.5 Å². The lowest BCUT2D eigenvalue weighted by molar-refractivity contribution is -0.135. The largest absolute Gasteiger partial charge is 0.508 e. The molecule has 10 heteroatoms. The van der Waals surface area contributed by atoms with Crippen LogP contribution in [0.1, 0.15) is 38.7 Å². The number of nitrogens with zero attached hydrogens (tertiary/aromatic N) is 1. The number of rotatable bonds is 13. The Labute approximate surface area is 182 Å². The second-order valence-corrected chi connectivity index (χ2v) is 7.65. The normalized spacial score (nSPS) is 13.7. The molecule has 2 unspecified atom stereocenters. The van der Waals surface area contributed by atoms with E-state index in [9.17, 15) is 24.6 Å². The van der Waals surface area contributed by atoms with Crippen molar-refractivity contribution in [3.63, 3.8) is 0 Å². The molecule has 8 N–H and O–H groups in total. The number of nitrogens with one attached hydrogen (secondary N) is 2. The Kier molecular flexibility index (Phi) is 11.0. The lowest BCUT2D eigenvalue weighted by Gasteiger charge is -2.24. The number of carbonyl (C=O) groups excluding carboxylic acids is 3. The fourth-order valence-corrected chi connectivity index (χ4v) is 2.85. The highest BCUT2D eigenvalue weighted by molar-refractivity contribution is 5.90. The minimum absolute atomic E-state index is 0.0433. The molecular formula is C21H33N5O5. The van der Waals surface area contributed by atoms with Crippen molar-refractivity contribution < 1.29 is 24.6 Å². The quantitative estimate of drug-likeness (QED) is 0.105. The van der Waals surface area contributed by atoms with Gasteiger partial charge in [-0.15, -0.1) is 0 Å². The summed E-state index contributed by atoms with van der Waals surface area (Å²) >= 11 is 0. The number of nitrogens with two attached hydrogens (primary N) is 2. The summed E-state index contributed by atoms with van der Waals surface area (Å²) < 4.78 is 0. The van der Waals surface area contributed by atoms with Crippen LogP contribution in [0.15, 0.2) is 29.3 Å². The molecule has 1 rings (SSSR count). The van der Waals surface area contributed by atoms with Crippen LogP contribution in [0.4, 0.5) is 0 Å². The molecular weight excluding hydrogens is 402 g/mol. The van der Waals surface area contributed by atoms with Crippen LogP contribution in [0.25, 0.3) is 0 Å². The minimum atomic E-state index is -1.30. The van der Waals surface area contributed by atoms with E-state index in [0.29, 0.717) is 32.1 Å². The summed E-state index contributed by atoms with van der Waals surface area (Å²) in [6.07, 6.45) is 0.751. The Morgan fingerprint density at radius 2 is 1.74 bits per heavy atom. The van der Waals surface area contributed by atoms with Crippen molar-refractivity contribution >= 4 is 24.1 Å². The van der Waals surface area contributed by atoms with Crippen molar-refractivity contribution in [2.75, 3.05) is 6.54 Å². The van der Waals surface area contributed by atoms with Crippen molar-refractivity contribution in [3.8, 4) is 5.75 Å². The number of aliphatic hydroxyl groups excluding tert-OH is 1. The average Bonchev–Trinajstić information content (AvgIpc) is 2.72. The number of aldehydes is 1. The minimum Gasteiger partial charge on any atom is -0.508 e. The van der Waals surface area contributed by atoms with Gasteiger partial charge in [0.2, 0.25) is 11.8 Å². The number of aliphatic imine (C=N–C) groups is 1. The summed E-state index contributed by atoms with van der Waals surface area (Å²) in [5.41, 5.74) is 11.3. The zero-order valence-electron chi connectivity index (χ0n) is 18.0. The predicted octanol–water partition coefficient (Wildman–Crippen LogP) is -0.436. The highest BCUT2D eigenvalue weighted by atomic mass is 16.3. The Balaban J connectivity index is 2.58. The Morgan fingerprint density at radius 1 is 1.10 bits per heavy atom. The molecule has 0 aromatic heterocycles. The van der Waals surface area contributed by atoms with Gasteiger partial charge in [-0.1, -0.05) is 26.0 Å². The number of aromatic hydroxyl groups is 1. The number of hydrogen-bond donors (Lipinski definition) is 6. The van der Waals surface area contributed by atoms with Crippen LogP contribution in [-0.4, -0.2) is 59.0 Å². The second-order valence-electron chi connectivity index (χ2n) is 7.65. The first-order valence-electron chi connectivity index (χ1n) is 10.2. The summed E-state index contributed by atoms with van der Waals surface area (Å²) in [4.78, 5) is 40.1.